The number of nitriles is 1. The van der Waals surface area contributed by atoms with Gasteiger partial charge in [-0.05, 0) is 18.2 Å². The summed E-state index contributed by atoms with van der Waals surface area (Å²) in [5, 5.41) is 9.14. The van der Waals surface area contributed by atoms with Crippen LogP contribution in [0.25, 0.3) is 0 Å². The van der Waals surface area contributed by atoms with Crippen LogP contribution in [0.2, 0.25) is 5.02 Å². The number of nitrogens with zero attached hydrogens (tertiary/aromatic N) is 1. The SMILES string of the molecule is CC(=O)SCC#Cc1ccc(C#N)cc1Cl. The second kappa shape index (κ2) is 6.23. The summed E-state index contributed by atoms with van der Waals surface area (Å²) in [5.41, 5.74) is 1.18. The van der Waals surface area contributed by atoms with Crippen molar-refractivity contribution >= 4 is 28.5 Å². The summed E-state index contributed by atoms with van der Waals surface area (Å²) in [6, 6.07) is 6.93. The minimum atomic E-state index is 0.0419. The van der Waals surface area contributed by atoms with Crippen molar-refractivity contribution in [3.63, 3.8) is 0 Å². The Balaban J connectivity index is 2.75. The molecule has 1 rings (SSSR count). The van der Waals surface area contributed by atoms with Crippen molar-refractivity contribution < 1.29 is 4.79 Å². The van der Waals surface area contributed by atoms with Gasteiger partial charge in [0.25, 0.3) is 0 Å². The van der Waals surface area contributed by atoms with Gasteiger partial charge in [0.05, 0.1) is 22.4 Å². The zero-order valence-electron chi connectivity index (χ0n) is 8.58. The molecule has 4 heteroatoms. The van der Waals surface area contributed by atoms with Crippen molar-refractivity contribution in [1.82, 2.24) is 0 Å². The van der Waals surface area contributed by atoms with Gasteiger partial charge in [-0.15, -0.1) is 0 Å². The molecular weight excluding hydrogens is 242 g/mol. The maximum absolute atomic E-state index is 10.6. The highest BCUT2D eigenvalue weighted by molar-refractivity contribution is 8.13. The summed E-state index contributed by atoms with van der Waals surface area (Å²) in [6.07, 6.45) is 0. The predicted molar refractivity (Wildman–Crippen MR) is 66.2 cm³/mol. The Hall–Kier alpha value is -1.42. The van der Waals surface area contributed by atoms with E-state index < -0.39 is 0 Å². The molecule has 0 aliphatic carbocycles. The van der Waals surface area contributed by atoms with Gasteiger partial charge in [-0.1, -0.05) is 35.2 Å². The number of thioether (sulfide) groups is 1. The van der Waals surface area contributed by atoms with Crippen molar-refractivity contribution in [3.05, 3.63) is 34.3 Å². The highest BCUT2D eigenvalue weighted by Gasteiger charge is 1.98. The fourth-order valence-electron chi connectivity index (χ4n) is 0.955. The largest absolute Gasteiger partial charge is 0.288 e. The fourth-order valence-corrected chi connectivity index (χ4v) is 1.53. The van der Waals surface area contributed by atoms with Crippen molar-refractivity contribution in [3.8, 4) is 17.9 Å². The van der Waals surface area contributed by atoms with Crippen molar-refractivity contribution in [1.29, 1.82) is 5.26 Å². The molecule has 0 heterocycles. The van der Waals surface area contributed by atoms with Gasteiger partial charge < -0.3 is 0 Å². The highest BCUT2D eigenvalue weighted by atomic mass is 35.5. The van der Waals surface area contributed by atoms with E-state index in [-0.39, 0.29) is 5.12 Å². The van der Waals surface area contributed by atoms with Crippen LogP contribution in [-0.2, 0) is 4.79 Å². The first kappa shape index (κ1) is 12.6. The monoisotopic (exact) mass is 249 g/mol. The van der Waals surface area contributed by atoms with Gasteiger partial charge in [-0.25, -0.2) is 0 Å². The fraction of sp³-hybridized carbons (Fsp3) is 0.167. The average molecular weight is 250 g/mol. The third kappa shape index (κ3) is 3.98. The lowest BCUT2D eigenvalue weighted by Gasteiger charge is -1.95. The molecule has 80 valence electrons. The molecule has 0 fully saturated rings. The quantitative estimate of drug-likeness (QED) is 0.719. The standard InChI is InChI=1S/C12H8ClNOS/c1-9(15)16-6-2-3-11-5-4-10(8-14)7-12(11)13/h4-5,7H,6H2,1H3. The number of carbonyl (C=O) groups excluding carboxylic acids is 1. The molecule has 0 radical (unpaired) electrons. The molecule has 0 unspecified atom stereocenters. The zero-order valence-corrected chi connectivity index (χ0v) is 10.2. The summed E-state index contributed by atoms with van der Waals surface area (Å²) in [5.74, 6) is 6.14. The molecule has 2 nitrogen and oxygen atoms in total. The number of benzene rings is 1. The first-order valence-corrected chi connectivity index (χ1v) is 5.81. The van der Waals surface area contributed by atoms with E-state index in [1.54, 1.807) is 18.2 Å². The Morgan fingerprint density at radius 1 is 1.56 bits per heavy atom. The minimum Gasteiger partial charge on any atom is -0.288 e. The van der Waals surface area contributed by atoms with Crippen LogP contribution in [0, 0.1) is 23.2 Å². The molecule has 0 aliphatic heterocycles. The van der Waals surface area contributed by atoms with Crippen LogP contribution >= 0.6 is 23.4 Å². The van der Waals surface area contributed by atoms with Gasteiger partial charge in [0, 0.05) is 12.5 Å². The van der Waals surface area contributed by atoms with Gasteiger partial charge >= 0.3 is 0 Å². The van der Waals surface area contributed by atoms with E-state index in [0.29, 0.717) is 21.9 Å². The van der Waals surface area contributed by atoms with Crippen LogP contribution in [0.4, 0.5) is 0 Å². The normalized spacial score (nSPS) is 8.81. The second-order valence-electron chi connectivity index (χ2n) is 2.89. The van der Waals surface area contributed by atoms with Crippen molar-refractivity contribution in [2.24, 2.45) is 0 Å². The number of carbonyl (C=O) groups is 1. The Kier molecular flexibility index (Phi) is 4.92. The van der Waals surface area contributed by atoms with Crippen LogP contribution in [0.1, 0.15) is 18.1 Å². The van der Waals surface area contributed by atoms with E-state index in [0.717, 1.165) is 11.8 Å². The van der Waals surface area contributed by atoms with E-state index in [1.165, 1.54) is 6.92 Å². The summed E-state index contributed by atoms with van der Waals surface area (Å²) in [4.78, 5) is 10.6. The van der Waals surface area contributed by atoms with E-state index in [4.69, 9.17) is 16.9 Å². The van der Waals surface area contributed by atoms with Crippen LogP contribution in [0.3, 0.4) is 0 Å². The lowest BCUT2D eigenvalue weighted by atomic mass is 10.1. The molecule has 1 aromatic rings. The lowest BCUT2D eigenvalue weighted by molar-refractivity contribution is -0.109. The molecule has 0 amide bonds. The van der Waals surface area contributed by atoms with Gasteiger partial charge in [-0.2, -0.15) is 5.26 Å². The molecule has 0 spiro atoms. The lowest BCUT2D eigenvalue weighted by Crippen LogP contribution is -1.83. The maximum atomic E-state index is 10.6. The topological polar surface area (TPSA) is 40.9 Å². The summed E-state index contributed by atoms with van der Waals surface area (Å²) >= 11 is 7.08. The molecular formula is C12H8ClNOS. The molecule has 0 bridgehead atoms. The van der Waals surface area contributed by atoms with E-state index >= 15 is 0 Å². The van der Waals surface area contributed by atoms with Gasteiger partial charge in [0.15, 0.2) is 5.12 Å². The molecule has 1 aromatic carbocycles. The molecule has 0 atom stereocenters. The number of rotatable bonds is 1. The molecule has 0 aliphatic rings. The van der Waals surface area contributed by atoms with Crippen molar-refractivity contribution in [2.45, 2.75) is 6.92 Å². The second-order valence-corrected chi connectivity index (χ2v) is 4.45. The Labute approximate surface area is 104 Å². The number of hydrogen-bond donors (Lipinski definition) is 0. The zero-order chi connectivity index (χ0) is 12.0. The van der Waals surface area contributed by atoms with Gasteiger partial charge in [0.1, 0.15) is 0 Å². The molecule has 0 N–H and O–H groups in total. The van der Waals surface area contributed by atoms with Gasteiger partial charge in [-0.3, -0.25) is 4.79 Å². The minimum absolute atomic E-state index is 0.0419. The molecule has 0 aromatic heterocycles. The van der Waals surface area contributed by atoms with E-state index in [2.05, 4.69) is 11.8 Å². The van der Waals surface area contributed by atoms with Crippen LogP contribution in [0.5, 0.6) is 0 Å². The Morgan fingerprint density at radius 3 is 2.88 bits per heavy atom. The maximum Gasteiger partial charge on any atom is 0.186 e. The average Bonchev–Trinajstić information content (AvgIpc) is 2.25. The molecule has 16 heavy (non-hydrogen) atoms. The van der Waals surface area contributed by atoms with Crippen LogP contribution in [0.15, 0.2) is 18.2 Å². The van der Waals surface area contributed by atoms with Crippen molar-refractivity contribution in [2.75, 3.05) is 5.75 Å². The molecule has 0 saturated heterocycles. The van der Waals surface area contributed by atoms with E-state index in [9.17, 15) is 4.79 Å². The first-order chi connectivity index (χ1) is 7.63. The first-order valence-electron chi connectivity index (χ1n) is 4.45. The summed E-state index contributed by atoms with van der Waals surface area (Å²) in [6.45, 7) is 1.50. The smallest absolute Gasteiger partial charge is 0.186 e. The Bertz CT molecular complexity index is 508. The number of hydrogen-bond acceptors (Lipinski definition) is 3. The highest BCUT2D eigenvalue weighted by Crippen LogP contribution is 2.16. The number of halogens is 1. The third-order valence-electron chi connectivity index (χ3n) is 1.67. The van der Waals surface area contributed by atoms with Crippen LogP contribution < -0.4 is 0 Å². The van der Waals surface area contributed by atoms with E-state index in [1.807, 2.05) is 6.07 Å². The summed E-state index contributed by atoms with van der Waals surface area (Å²) < 4.78 is 0. The predicted octanol–water partition coefficient (Wildman–Crippen LogP) is 2.84. The third-order valence-corrected chi connectivity index (χ3v) is 2.68. The Morgan fingerprint density at radius 2 is 2.31 bits per heavy atom. The van der Waals surface area contributed by atoms with Gasteiger partial charge in [0.2, 0.25) is 0 Å². The van der Waals surface area contributed by atoms with Crippen LogP contribution in [-0.4, -0.2) is 10.9 Å². The molecule has 0 saturated carbocycles. The summed E-state index contributed by atoms with van der Waals surface area (Å²) in [7, 11) is 0.